The molecule has 0 unspecified atom stereocenters. The van der Waals surface area contributed by atoms with E-state index in [0.29, 0.717) is 6.04 Å². The lowest BCUT2D eigenvalue weighted by atomic mass is 9.90. The first kappa shape index (κ1) is 21.1. The quantitative estimate of drug-likeness (QED) is 0.692. The van der Waals surface area contributed by atoms with Gasteiger partial charge >= 0.3 is 5.97 Å². The summed E-state index contributed by atoms with van der Waals surface area (Å²) in [5.41, 5.74) is 1.30. The lowest BCUT2D eigenvalue weighted by Crippen LogP contribution is -2.46. The number of carboxylic acids is 1. The van der Waals surface area contributed by atoms with Crippen LogP contribution in [0, 0.1) is 5.92 Å². The van der Waals surface area contributed by atoms with Gasteiger partial charge in [0.25, 0.3) is 0 Å². The van der Waals surface area contributed by atoms with Crippen LogP contribution >= 0.6 is 0 Å². The summed E-state index contributed by atoms with van der Waals surface area (Å²) in [5.74, 6) is 0.995. The minimum Gasteiger partial charge on any atom is -0.493 e. The van der Waals surface area contributed by atoms with Crippen LogP contribution < -0.4 is 4.74 Å². The minimum absolute atomic E-state index is 0.154. The predicted octanol–water partition coefficient (Wildman–Crippen LogP) is 4.02. The standard InChI is InChI=1S/C23H36N2O3/c1-2-25(17-23(26)27)21-11-13-24(14-12-21)16-20-9-6-10-22(15-20)28-18-19-7-4-3-5-8-19/h6,9-10,15,19,21H,2-5,7-8,11-14,16-18H2,1H3,(H,26,27). The Morgan fingerprint density at radius 2 is 1.93 bits per heavy atom. The Bertz CT molecular complexity index is 608. The molecule has 28 heavy (non-hydrogen) atoms. The number of nitrogens with zero attached hydrogens (tertiary/aromatic N) is 2. The molecule has 5 nitrogen and oxygen atoms in total. The average molecular weight is 389 g/mol. The number of hydrogen-bond acceptors (Lipinski definition) is 4. The van der Waals surface area contributed by atoms with Crippen LogP contribution in [0.3, 0.4) is 0 Å². The number of likely N-dealkylation sites (N-methyl/N-ethyl adjacent to an activating group) is 1. The third-order valence-electron chi connectivity index (χ3n) is 6.33. The van der Waals surface area contributed by atoms with Crippen LogP contribution in [-0.2, 0) is 11.3 Å². The first-order valence-corrected chi connectivity index (χ1v) is 11.0. The van der Waals surface area contributed by atoms with Gasteiger partial charge in [-0.05, 0) is 68.9 Å². The fourth-order valence-electron chi connectivity index (χ4n) is 4.68. The maximum atomic E-state index is 11.0. The normalized spacial score (nSPS) is 19.8. The van der Waals surface area contributed by atoms with Crippen molar-refractivity contribution in [3.63, 3.8) is 0 Å². The predicted molar refractivity (Wildman–Crippen MR) is 112 cm³/mol. The molecule has 156 valence electrons. The van der Waals surface area contributed by atoms with Gasteiger partial charge in [0.1, 0.15) is 5.75 Å². The molecule has 2 aliphatic rings. The molecule has 1 N–H and O–H groups in total. The summed E-state index contributed by atoms with van der Waals surface area (Å²) in [5, 5.41) is 9.08. The van der Waals surface area contributed by atoms with Crippen LogP contribution in [0.4, 0.5) is 0 Å². The molecular formula is C23H36N2O3. The molecule has 1 saturated heterocycles. The van der Waals surface area contributed by atoms with Crippen molar-refractivity contribution in [2.75, 3.05) is 32.8 Å². The molecule has 0 aromatic heterocycles. The molecule has 1 aliphatic heterocycles. The van der Waals surface area contributed by atoms with Crippen LogP contribution in [0.25, 0.3) is 0 Å². The zero-order valence-electron chi connectivity index (χ0n) is 17.3. The molecule has 0 atom stereocenters. The first-order valence-electron chi connectivity index (χ1n) is 11.0. The molecule has 0 radical (unpaired) electrons. The number of hydrogen-bond donors (Lipinski definition) is 1. The minimum atomic E-state index is -0.727. The van der Waals surface area contributed by atoms with Crippen molar-refractivity contribution in [2.45, 2.75) is 64.5 Å². The second-order valence-corrected chi connectivity index (χ2v) is 8.43. The summed E-state index contributed by atoms with van der Waals surface area (Å²) in [4.78, 5) is 15.6. The van der Waals surface area contributed by atoms with Crippen LogP contribution in [0.15, 0.2) is 24.3 Å². The zero-order chi connectivity index (χ0) is 19.8. The Balaban J connectivity index is 1.45. The van der Waals surface area contributed by atoms with E-state index in [1.54, 1.807) is 0 Å². The first-order chi connectivity index (χ1) is 13.6. The van der Waals surface area contributed by atoms with Gasteiger partial charge in [0.05, 0.1) is 13.2 Å². The summed E-state index contributed by atoms with van der Waals surface area (Å²) < 4.78 is 6.09. The van der Waals surface area contributed by atoms with E-state index in [9.17, 15) is 4.79 Å². The maximum Gasteiger partial charge on any atom is 0.317 e. The number of ether oxygens (including phenoxy) is 1. The highest BCUT2D eigenvalue weighted by Gasteiger charge is 2.25. The number of benzene rings is 1. The van der Waals surface area contributed by atoms with Crippen molar-refractivity contribution in [2.24, 2.45) is 5.92 Å². The summed E-state index contributed by atoms with van der Waals surface area (Å²) in [6, 6.07) is 8.94. The molecule has 1 aromatic carbocycles. The van der Waals surface area contributed by atoms with Crippen LogP contribution in [0.5, 0.6) is 5.75 Å². The van der Waals surface area contributed by atoms with Crippen molar-refractivity contribution in [3.8, 4) is 5.75 Å². The highest BCUT2D eigenvalue weighted by atomic mass is 16.5. The Morgan fingerprint density at radius 1 is 1.18 bits per heavy atom. The van der Waals surface area contributed by atoms with Gasteiger partial charge in [-0.1, -0.05) is 38.3 Å². The SMILES string of the molecule is CCN(CC(=O)O)C1CCN(Cc2cccc(OCC3CCCCC3)c2)CC1. The number of rotatable bonds is 9. The molecule has 2 fully saturated rings. The van der Waals surface area contributed by atoms with Gasteiger partial charge in [-0.25, -0.2) is 0 Å². The van der Waals surface area contributed by atoms with E-state index < -0.39 is 5.97 Å². The number of likely N-dealkylation sites (tertiary alicyclic amines) is 1. The molecule has 1 heterocycles. The summed E-state index contributed by atoms with van der Waals surface area (Å²) in [7, 11) is 0. The number of carboxylic acid groups (broad SMARTS) is 1. The number of aliphatic carboxylic acids is 1. The fraction of sp³-hybridized carbons (Fsp3) is 0.696. The Kier molecular flexibility index (Phi) is 8.16. The summed E-state index contributed by atoms with van der Waals surface area (Å²) >= 11 is 0. The van der Waals surface area contributed by atoms with Crippen molar-refractivity contribution >= 4 is 5.97 Å². The highest BCUT2D eigenvalue weighted by Crippen LogP contribution is 2.25. The van der Waals surface area contributed by atoms with Crippen molar-refractivity contribution in [1.29, 1.82) is 0 Å². The third kappa shape index (κ3) is 6.49. The van der Waals surface area contributed by atoms with Crippen molar-refractivity contribution in [3.05, 3.63) is 29.8 Å². The van der Waals surface area contributed by atoms with Gasteiger partial charge < -0.3 is 9.84 Å². The monoisotopic (exact) mass is 388 g/mol. The highest BCUT2D eigenvalue weighted by molar-refractivity contribution is 5.69. The molecule has 3 rings (SSSR count). The topological polar surface area (TPSA) is 53.0 Å². The van der Waals surface area contributed by atoms with E-state index in [-0.39, 0.29) is 6.54 Å². The fourth-order valence-corrected chi connectivity index (χ4v) is 4.68. The maximum absolute atomic E-state index is 11.0. The van der Waals surface area contributed by atoms with Gasteiger partial charge in [-0.15, -0.1) is 0 Å². The number of carbonyl (C=O) groups is 1. The van der Waals surface area contributed by atoms with Crippen LogP contribution in [-0.4, -0.2) is 59.7 Å². The van der Waals surface area contributed by atoms with E-state index in [1.807, 2.05) is 6.92 Å². The second-order valence-electron chi connectivity index (χ2n) is 8.43. The van der Waals surface area contributed by atoms with Gasteiger partial charge in [-0.2, -0.15) is 0 Å². The van der Waals surface area contributed by atoms with E-state index in [1.165, 1.54) is 37.7 Å². The smallest absolute Gasteiger partial charge is 0.317 e. The largest absolute Gasteiger partial charge is 0.493 e. The van der Waals surface area contributed by atoms with Gasteiger partial charge in [0, 0.05) is 12.6 Å². The van der Waals surface area contributed by atoms with Gasteiger partial charge in [0.15, 0.2) is 0 Å². The van der Waals surface area contributed by atoms with Crippen LogP contribution in [0.2, 0.25) is 0 Å². The van der Waals surface area contributed by atoms with Crippen molar-refractivity contribution in [1.82, 2.24) is 9.80 Å². The molecule has 0 spiro atoms. The van der Waals surface area contributed by atoms with Crippen molar-refractivity contribution < 1.29 is 14.6 Å². The molecule has 0 amide bonds. The van der Waals surface area contributed by atoms with E-state index in [4.69, 9.17) is 9.84 Å². The zero-order valence-corrected chi connectivity index (χ0v) is 17.3. The molecule has 1 aliphatic carbocycles. The van der Waals surface area contributed by atoms with E-state index in [2.05, 4.69) is 34.1 Å². The van der Waals surface area contributed by atoms with Gasteiger partial charge in [-0.3, -0.25) is 14.6 Å². The van der Waals surface area contributed by atoms with E-state index in [0.717, 1.165) is 57.3 Å². The van der Waals surface area contributed by atoms with Gasteiger partial charge in [0.2, 0.25) is 0 Å². The number of piperidine rings is 1. The van der Waals surface area contributed by atoms with Crippen LogP contribution in [0.1, 0.15) is 57.4 Å². The molecule has 1 saturated carbocycles. The Morgan fingerprint density at radius 3 is 2.61 bits per heavy atom. The lowest BCUT2D eigenvalue weighted by molar-refractivity contribution is -0.139. The Hall–Kier alpha value is -1.59. The summed E-state index contributed by atoms with van der Waals surface area (Å²) in [6.45, 7) is 6.85. The average Bonchev–Trinajstić information content (AvgIpc) is 2.72. The van der Waals surface area contributed by atoms with E-state index >= 15 is 0 Å². The lowest BCUT2D eigenvalue weighted by Gasteiger charge is -2.37. The molecular weight excluding hydrogens is 352 g/mol. The summed E-state index contributed by atoms with van der Waals surface area (Å²) in [6.07, 6.45) is 8.79. The molecule has 0 bridgehead atoms. The molecule has 1 aromatic rings. The third-order valence-corrected chi connectivity index (χ3v) is 6.33. The molecule has 5 heteroatoms. The Labute approximate surface area is 169 Å². The second kappa shape index (κ2) is 10.8.